The number of hydrogen-bond acceptors (Lipinski definition) is 7. The predicted octanol–water partition coefficient (Wildman–Crippen LogP) is 2.83. The van der Waals surface area contributed by atoms with Gasteiger partial charge in [0, 0.05) is 55.2 Å². The van der Waals surface area contributed by atoms with Crippen LogP contribution in [0.4, 0.5) is 17.6 Å². The molecule has 3 atom stereocenters. The molecule has 3 N–H and O–H groups in total. The van der Waals surface area contributed by atoms with Crippen LogP contribution in [0, 0.1) is 18.3 Å². The SMILES string of the molecule is Cc1cc(Nc2nc(N[C@@H]3C[C@H]4CC[C@@H](C3)N4CCC#N)n3cccnc23)n[nH]1. The fraction of sp³-hybridized carbons (Fsp3) is 0.500. The molecule has 0 aromatic carbocycles. The molecule has 9 heteroatoms. The maximum Gasteiger partial charge on any atom is 0.211 e. The van der Waals surface area contributed by atoms with Crippen LogP contribution >= 0.6 is 0 Å². The van der Waals surface area contributed by atoms with Gasteiger partial charge in [0.25, 0.3) is 0 Å². The zero-order valence-corrected chi connectivity index (χ0v) is 16.5. The monoisotopic (exact) mass is 391 g/mol. The Kier molecular flexibility index (Phi) is 4.56. The molecule has 5 rings (SSSR count). The summed E-state index contributed by atoms with van der Waals surface area (Å²) in [6.45, 7) is 2.86. The van der Waals surface area contributed by atoms with E-state index in [2.05, 4.69) is 36.8 Å². The quantitative estimate of drug-likeness (QED) is 0.593. The Morgan fingerprint density at radius 2 is 2.14 bits per heavy atom. The first-order valence-corrected chi connectivity index (χ1v) is 10.2. The van der Waals surface area contributed by atoms with E-state index in [1.807, 2.05) is 29.7 Å². The van der Waals surface area contributed by atoms with Crippen LogP contribution in [0.25, 0.3) is 5.65 Å². The zero-order valence-electron chi connectivity index (χ0n) is 16.5. The fourth-order valence-electron chi connectivity index (χ4n) is 4.83. The highest BCUT2D eigenvalue weighted by atomic mass is 15.3. The third-order valence-corrected chi connectivity index (χ3v) is 6.06. The average Bonchev–Trinajstić information content (AvgIpc) is 3.35. The lowest BCUT2D eigenvalue weighted by molar-refractivity contribution is 0.135. The van der Waals surface area contributed by atoms with Crippen molar-refractivity contribution in [2.45, 2.75) is 57.2 Å². The molecule has 150 valence electrons. The van der Waals surface area contributed by atoms with E-state index >= 15 is 0 Å². The lowest BCUT2D eigenvalue weighted by atomic mass is 9.97. The minimum atomic E-state index is 0.372. The molecule has 0 aliphatic carbocycles. The number of nitriles is 1. The van der Waals surface area contributed by atoms with E-state index in [0.29, 0.717) is 30.4 Å². The van der Waals surface area contributed by atoms with Crippen molar-refractivity contribution >= 4 is 23.2 Å². The molecule has 2 aliphatic heterocycles. The number of aromatic amines is 1. The van der Waals surface area contributed by atoms with Crippen molar-refractivity contribution in [3.05, 3.63) is 30.2 Å². The number of rotatable bonds is 6. The maximum absolute atomic E-state index is 8.93. The van der Waals surface area contributed by atoms with E-state index < -0.39 is 0 Å². The largest absolute Gasteiger partial charge is 0.352 e. The molecule has 3 aromatic heterocycles. The van der Waals surface area contributed by atoms with Gasteiger partial charge in [-0.3, -0.25) is 14.4 Å². The maximum atomic E-state index is 8.93. The minimum absolute atomic E-state index is 0.372. The van der Waals surface area contributed by atoms with Gasteiger partial charge in [0.05, 0.1) is 6.07 Å². The van der Waals surface area contributed by atoms with Gasteiger partial charge in [-0.2, -0.15) is 15.3 Å². The number of imidazole rings is 1. The third kappa shape index (κ3) is 3.40. The zero-order chi connectivity index (χ0) is 19.8. The molecule has 0 unspecified atom stereocenters. The number of piperidine rings is 1. The molecular weight excluding hydrogens is 366 g/mol. The number of H-pyrrole nitrogens is 1. The Bertz CT molecular complexity index is 1030. The van der Waals surface area contributed by atoms with Crippen molar-refractivity contribution < 1.29 is 0 Å². The number of hydrogen-bond donors (Lipinski definition) is 3. The highest BCUT2D eigenvalue weighted by Gasteiger charge is 2.40. The van der Waals surface area contributed by atoms with Crippen molar-refractivity contribution in [3.63, 3.8) is 0 Å². The van der Waals surface area contributed by atoms with Crippen LogP contribution in [0.3, 0.4) is 0 Å². The Hall–Kier alpha value is -3.12. The van der Waals surface area contributed by atoms with Crippen LogP contribution in [-0.4, -0.2) is 54.1 Å². The molecule has 29 heavy (non-hydrogen) atoms. The number of nitrogens with zero attached hydrogens (tertiary/aromatic N) is 6. The van der Waals surface area contributed by atoms with Gasteiger partial charge in [0.15, 0.2) is 17.3 Å². The summed E-state index contributed by atoms with van der Waals surface area (Å²) in [7, 11) is 0. The van der Waals surface area contributed by atoms with Crippen molar-refractivity contribution in [3.8, 4) is 6.07 Å². The van der Waals surface area contributed by atoms with E-state index in [4.69, 9.17) is 10.2 Å². The average molecular weight is 391 g/mol. The molecule has 2 fully saturated rings. The smallest absolute Gasteiger partial charge is 0.211 e. The lowest BCUT2D eigenvalue weighted by Gasteiger charge is -2.38. The van der Waals surface area contributed by atoms with E-state index in [1.165, 1.54) is 12.8 Å². The van der Waals surface area contributed by atoms with Gasteiger partial charge in [-0.1, -0.05) is 0 Å². The molecule has 0 radical (unpaired) electrons. The summed E-state index contributed by atoms with van der Waals surface area (Å²) < 4.78 is 1.99. The number of aromatic nitrogens is 5. The molecule has 3 aromatic rings. The number of nitrogens with one attached hydrogen (secondary N) is 3. The molecule has 5 heterocycles. The van der Waals surface area contributed by atoms with E-state index in [0.717, 1.165) is 42.5 Å². The normalized spacial score (nSPS) is 23.9. The molecule has 0 spiro atoms. The van der Waals surface area contributed by atoms with Crippen molar-refractivity contribution in [2.75, 3.05) is 17.2 Å². The van der Waals surface area contributed by atoms with Gasteiger partial charge in [0.2, 0.25) is 5.95 Å². The van der Waals surface area contributed by atoms with Crippen LogP contribution in [-0.2, 0) is 0 Å². The number of aryl methyl sites for hydroxylation is 1. The van der Waals surface area contributed by atoms with Crippen LogP contribution in [0.15, 0.2) is 24.5 Å². The van der Waals surface area contributed by atoms with Crippen molar-refractivity contribution in [1.82, 2.24) is 29.5 Å². The minimum Gasteiger partial charge on any atom is -0.352 e. The van der Waals surface area contributed by atoms with Crippen LogP contribution in [0.5, 0.6) is 0 Å². The predicted molar refractivity (Wildman–Crippen MR) is 110 cm³/mol. The van der Waals surface area contributed by atoms with E-state index in [1.54, 1.807) is 6.20 Å². The summed E-state index contributed by atoms with van der Waals surface area (Å²) in [5, 5.41) is 23.0. The summed E-state index contributed by atoms with van der Waals surface area (Å²) in [4.78, 5) is 11.8. The lowest BCUT2D eigenvalue weighted by Crippen LogP contribution is -2.47. The van der Waals surface area contributed by atoms with Crippen molar-refractivity contribution in [1.29, 1.82) is 5.26 Å². The summed E-state index contributed by atoms with van der Waals surface area (Å²) >= 11 is 0. The Morgan fingerprint density at radius 1 is 1.31 bits per heavy atom. The van der Waals surface area contributed by atoms with Gasteiger partial charge < -0.3 is 10.6 Å². The second-order valence-electron chi connectivity index (χ2n) is 8.00. The topological polar surface area (TPSA) is 110 Å². The van der Waals surface area contributed by atoms with E-state index in [9.17, 15) is 0 Å². The number of fused-ring (bicyclic) bond motifs is 3. The first-order valence-electron chi connectivity index (χ1n) is 10.2. The van der Waals surface area contributed by atoms with Gasteiger partial charge in [-0.05, 0) is 38.7 Å². The first-order chi connectivity index (χ1) is 14.2. The summed E-state index contributed by atoms with van der Waals surface area (Å²) in [5.74, 6) is 2.22. The van der Waals surface area contributed by atoms with Crippen molar-refractivity contribution in [2.24, 2.45) is 0 Å². The number of anilines is 3. The molecule has 0 amide bonds. The van der Waals surface area contributed by atoms with Gasteiger partial charge in [-0.25, -0.2) is 4.98 Å². The highest BCUT2D eigenvalue weighted by molar-refractivity contribution is 5.72. The molecule has 2 aliphatic rings. The third-order valence-electron chi connectivity index (χ3n) is 6.06. The fourth-order valence-corrected chi connectivity index (χ4v) is 4.83. The van der Waals surface area contributed by atoms with Gasteiger partial charge >= 0.3 is 0 Å². The second-order valence-corrected chi connectivity index (χ2v) is 8.00. The van der Waals surface area contributed by atoms with Crippen LogP contribution < -0.4 is 10.6 Å². The van der Waals surface area contributed by atoms with Crippen LogP contribution in [0.1, 0.15) is 37.8 Å². The highest BCUT2D eigenvalue weighted by Crippen LogP contribution is 2.37. The first kappa shape index (κ1) is 17.9. The van der Waals surface area contributed by atoms with Crippen LogP contribution in [0.2, 0.25) is 0 Å². The molecular formula is C20H25N9. The molecule has 2 bridgehead atoms. The van der Waals surface area contributed by atoms with E-state index in [-0.39, 0.29) is 0 Å². The standard InChI is InChI=1S/C20H25N9/c1-13-10-17(27-26-13)24-18-19-22-7-3-9-29(19)20(25-18)23-14-11-15-4-5-16(12-14)28(15)8-2-6-21/h3,7,9-10,14-16H,2,4-5,8,11-12H2,1H3,(H,23,25)(H2,24,26,27)/t14-,15-,16+. The van der Waals surface area contributed by atoms with Gasteiger partial charge in [-0.15, -0.1) is 0 Å². The summed E-state index contributed by atoms with van der Waals surface area (Å²) in [6, 6.07) is 7.64. The Balaban J connectivity index is 1.36. The molecule has 2 saturated heterocycles. The summed E-state index contributed by atoms with van der Waals surface area (Å²) in [5.41, 5.74) is 1.76. The molecule has 9 nitrogen and oxygen atoms in total. The summed E-state index contributed by atoms with van der Waals surface area (Å²) in [6.07, 6.45) is 8.98. The Morgan fingerprint density at radius 3 is 2.86 bits per heavy atom. The Labute approximate surface area is 169 Å². The van der Waals surface area contributed by atoms with Gasteiger partial charge in [0.1, 0.15) is 0 Å². The second kappa shape index (κ2) is 7.37. The molecule has 0 saturated carbocycles.